The van der Waals surface area contributed by atoms with Gasteiger partial charge in [0, 0.05) is 6.42 Å². The van der Waals surface area contributed by atoms with Crippen molar-refractivity contribution < 1.29 is 0 Å². The molecule has 0 fully saturated rings. The summed E-state index contributed by atoms with van der Waals surface area (Å²) in [5.41, 5.74) is 5.34. The number of nitrogens with zero attached hydrogens (tertiary/aromatic N) is 4. The summed E-state index contributed by atoms with van der Waals surface area (Å²) in [6.45, 7) is 1.98. The second kappa shape index (κ2) is 3.72. The van der Waals surface area contributed by atoms with Crippen LogP contribution in [0.3, 0.4) is 0 Å². The molecule has 1 aromatic rings. The Kier molecular flexibility index (Phi) is 2.64. The van der Waals surface area contributed by atoms with Crippen molar-refractivity contribution in [1.82, 2.24) is 14.8 Å². The van der Waals surface area contributed by atoms with Crippen molar-refractivity contribution in [2.75, 3.05) is 5.73 Å². The van der Waals surface area contributed by atoms with Gasteiger partial charge in [-0.3, -0.25) is 0 Å². The number of rotatable bonds is 3. The fraction of sp³-hybridized carbons (Fsp3) is 0.571. The number of aromatic nitrogens is 3. The van der Waals surface area contributed by atoms with Crippen molar-refractivity contribution >= 4 is 5.95 Å². The summed E-state index contributed by atoms with van der Waals surface area (Å²) >= 11 is 0. The summed E-state index contributed by atoms with van der Waals surface area (Å²) in [5, 5.41) is 12.3. The van der Waals surface area contributed by atoms with Crippen molar-refractivity contribution in [3.8, 4) is 6.07 Å². The molecule has 1 unspecified atom stereocenters. The Hall–Kier alpha value is -1.57. The van der Waals surface area contributed by atoms with Gasteiger partial charge in [-0.2, -0.15) is 5.26 Å². The Morgan fingerprint density at radius 2 is 2.58 bits per heavy atom. The Morgan fingerprint density at radius 1 is 1.83 bits per heavy atom. The molecule has 1 aromatic heterocycles. The van der Waals surface area contributed by atoms with Crippen molar-refractivity contribution in [2.45, 2.75) is 25.8 Å². The van der Waals surface area contributed by atoms with Gasteiger partial charge in [0.05, 0.1) is 12.1 Å². The minimum Gasteiger partial charge on any atom is -0.367 e. The molecule has 0 bridgehead atoms. The molecule has 2 N–H and O–H groups in total. The zero-order chi connectivity index (χ0) is 8.97. The maximum absolute atomic E-state index is 8.35. The van der Waals surface area contributed by atoms with Crippen LogP contribution in [-0.4, -0.2) is 14.8 Å². The van der Waals surface area contributed by atoms with E-state index in [1.54, 1.807) is 11.0 Å². The average Bonchev–Trinajstić information content (AvgIpc) is 2.47. The van der Waals surface area contributed by atoms with Crippen molar-refractivity contribution in [3.05, 3.63) is 6.33 Å². The van der Waals surface area contributed by atoms with Crippen LogP contribution < -0.4 is 5.73 Å². The molecule has 0 saturated heterocycles. The Balaban J connectivity index is 2.54. The quantitative estimate of drug-likeness (QED) is 0.715. The molecule has 64 valence electrons. The van der Waals surface area contributed by atoms with Gasteiger partial charge in [-0.1, -0.05) is 0 Å². The van der Waals surface area contributed by atoms with Gasteiger partial charge in [-0.05, 0) is 13.3 Å². The number of hydrogen-bond acceptors (Lipinski definition) is 4. The van der Waals surface area contributed by atoms with E-state index in [9.17, 15) is 0 Å². The van der Waals surface area contributed by atoms with Crippen LogP contribution in [0, 0.1) is 11.3 Å². The second-order valence-corrected chi connectivity index (χ2v) is 2.63. The van der Waals surface area contributed by atoms with Crippen LogP contribution in [0.2, 0.25) is 0 Å². The van der Waals surface area contributed by atoms with Crippen LogP contribution in [0.1, 0.15) is 25.8 Å². The Morgan fingerprint density at radius 3 is 3.08 bits per heavy atom. The molecule has 0 aliphatic rings. The number of nitrogens with two attached hydrogens (primary N) is 1. The highest BCUT2D eigenvalue weighted by molar-refractivity contribution is 5.09. The maximum atomic E-state index is 8.35. The van der Waals surface area contributed by atoms with Crippen LogP contribution >= 0.6 is 0 Å². The molecule has 5 nitrogen and oxygen atoms in total. The Bertz CT molecular complexity index is 284. The summed E-state index contributed by atoms with van der Waals surface area (Å²) in [4.78, 5) is 3.79. The lowest BCUT2D eigenvalue weighted by Gasteiger charge is -2.07. The fourth-order valence-corrected chi connectivity index (χ4v) is 0.906. The van der Waals surface area contributed by atoms with Crippen LogP contribution in [0.5, 0.6) is 0 Å². The fourth-order valence-electron chi connectivity index (χ4n) is 0.906. The molecule has 5 heteroatoms. The van der Waals surface area contributed by atoms with Gasteiger partial charge in [0.1, 0.15) is 6.33 Å². The standard InChI is InChI=1S/C7H11N5/c1-6(3-2-4-8)12-5-10-7(9)11-12/h5-6H,2-3H2,1H3,(H2,9,11). The minimum absolute atomic E-state index is 0.189. The molecular formula is C7H11N5. The van der Waals surface area contributed by atoms with E-state index < -0.39 is 0 Å². The summed E-state index contributed by atoms with van der Waals surface area (Å²) < 4.78 is 1.67. The van der Waals surface area contributed by atoms with Gasteiger partial charge in [-0.15, -0.1) is 5.10 Å². The molecule has 0 spiro atoms. The first-order valence-corrected chi connectivity index (χ1v) is 3.77. The number of nitrogen functional groups attached to an aromatic ring is 1. The topological polar surface area (TPSA) is 80.5 Å². The number of hydrogen-bond donors (Lipinski definition) is 1. The van der Waals surface area contributed by atoms with Gasteiger partial charge in [-0.25, -0.2) is 9.67 Å². The van der Waals surface area contributed by atoms with E-state index in [0.717, 1.165) is 6.42 Å². The van der Waals surface area contributed by atoms with Gasteiger partial charge >= 0.3 is 0 Å². The minimum atomic E-state index is 0.189. The third-order valence-corrected chi connectivity index (χ3v) is 1.65. The molecule has 0 aromatic carbocycles. The van der Waals surface area contributed by atoms with Crippen molar-refractivity contribution in [3.63, 3.8) is 0 Å². The van der Waals surface area contributed by atoms with E-state index in [4.69, 9.17) is 11.0 Å². The molecule has 1 rings (SSSR count). The first-order valence-electron chi connectivity index (χ1n) is 3.77. The van der Waals surface area contributed by atoms with Gasteiger partial charge < -0.3 is 5.73 Å². The van der Waals surface area contributed by atoms with E-state index in [2.05, 4.69) is 16.2 Å². The third-order valence-electron chi connectivity index (χ3n) is 1.65. The molecule has 0 saturated carbocycles. The average molecular weight is 165 g/mol. The molecule has 0 radical (unpaired) electrons. The highest BCUT2D eigenvalue weighted by atomic mass is 15.4. The van der Waals surface area contributed by atoms with Crippen molar-refractivity contribution in [2.24, 2.45) is 0 Å². The molecule has 0 aliphatic carbocycles. The molecule has 1 heterocycles. The lowest BCUT2D eigenvalue weighted by molar-refractivity contribution is 0.465. The summed E-state index contributed by atoms with van der Waals surface area (Å²) in [6.07, 6.45) is 2.89. The van der Waals surface area contributed by atoms with Gasteiger partial charge in [0.15, 0.2) is 0 Å². The zero-order valence-electron chi connectivity index (χ0n) is 6.94. The maximum Gasteiger partial charge on any atom is 0.239 e. The van der Waals surface area contributed by atoms with Crippen LogP contribution in [0.15, 0.2) is 6.33 Å². The highest BCUT2D eigenvalue weighted by Gasteiger charge is 2.05. The van der Waals surface area contributed by atoms with Gasteiger partial charge in [0.2, 0.25) is 5.95 Å². The normalized spacial score (nSPS) is 12.3. The van der Waals surface area contributed by atoms with Gasteiger partial charge in [0.25, 0.3) is 0 Å². The first-order chi connectivity index (χ1) is 5.74. The summed E-state index contributed by atoms with van der Waals surface area (Å²) in [5.74, 6) is 0.277. The van der Waals surface area contributed by atoms with E-state index in [-0.39, 0.29) is 12.0 Å². The predicted octanol–water partition coefficient (Wildman–Crippen LogP) is 0.725. The third kappa shape index (κ3) is 1.95. The van der Waals surface area contributed by atoms with E-state index in [1.807, 2.05) is 6.92 Å². The zero-order valence-corrected chi connectivity index (χ0v) is 6.94. The molecule has 0 aliphatic heterocycles. The number of nitriles is 1. The monoisotopic (exact) mass is 165 g/mol. The first kappa shape index (κ1) is 8.53. The lowest BCUT2D eigenvalue weighted by Crippen LogP contribution is -2.05. The SMILES string of the molecule is CC(CCC#N)n1cnc(N)n1. The van der Waals surface area contributed by atoms with Crippen LogP contribution in [0.25, 0.3) is 0 Å². The largest absolute Gasteiger partial charge is 0.367 e. The van der Waals surface area contributed by atoms with E-state index in [1.165, 1.54) is 0 Å². The molecule has 12 heavy (non-hydrogen) atoms. The second-order valence-electron chi connectivity index (χ2n) is 2.63. The van der Waals surface area contributed by atoms with Crippen LogP contribution in [-0.2, 0) is 0 Å². The summed E-state index contributed by atoms with van der Waals surface area (Å²) in [6, 6.07) is 2.27. The molecule has 0 amide bonds. The smallest absolute Gasteiger partial charge is 0.239 e. The molecular weight excluding hydrogens is 154 g/mol. The summed E-state index contributed by atoms with van der Waals surface area (Å²) in [7, 11) is 0. The Labute approximate surface area is 70.8 Å². The van der Waals surface area contributed by atoms with Crippen molar-refractivity contribution in [1.29, 1.82) is 5.26 Å². The molecule has 1 atom stereocenters. The highest BCUT2D eigenvalue weighted by Crippen LogP contribution is 2.10. The number of anilines is 1. The van der Waals surface area contributed by atoms with E-state index in [0.29, 0.717) is 6.42 Å². The van der Waals surface area contributed by atoms with Crippen LogP contribution in [0.4, 0.5) is 5.95 Å². The lowest BCUT2D eigenvalue weighted by atomic mass is 10.2. The predicted molar refractivity (Wildman–Crippen MR) is 44.0 cm³/mol. The van der Waals surface area contributed by atoms with E-state index >= 15 is 0 Å².